The third-order valence-electron chi connectivity index (χ3n) is 3.21. The van der Waals surface area contributed by atoms with Gasteiger partial charge in [0.15, 0.2) is 0 Å². The number of anilines is 1. The van der Waals surface area contributed by atoms with Gasteiger partial charge >= 0.3 is 0 Å². The zero-order chi connectivity index (χ0) is 11.4. The van der Waals surface area contributed by atoms with Crippen molar-refractivity contribution < 1.29 is 0 Å². The van der Waals surface area contributed by atoms with E-state index < -0.39 is 0 Å². The number of nitrogens with one attached hydrogen (secondary N) is 2. The molecule has 2 rings (SSSR count). The predicted molar refractivity (Wildman–Crippen MR) is 68.0 cm³/mol. The van der Waals surface area contributed by atoms with Crippen molar-refractivity contribution in [3.63, 3.8) is 0 Å². The summed E-state index contributed by atoms with van der Waals surface area (Å²) < 4.78 is 0. The molecule has 0 aromatic carbocycles. The number of hydrogen-bond acceptors (Lipinski definition) is 3. The summed E-state index contributed by atoms with van der Waals surface area (Å²) in [5.74, 6) is 0.928. The van der Waals surface area contributed by atoms with Crippen LogP contribution in [-0.2, 0) is 0 Å². The molecule has 1 aromatic heterocycles. The van der Waals surface area contributed by atoms with Crippen LogP contribution in [0.25, 0.3) is 0 Å². The van der Waals surface area contributed by atoms with Crippen molar-refractivity contribution in [1.82, 2.24) is 10.3 Å². The van der Waals surface area contributed by atoms with Crippen molar-refractivity contribution in [1.29, 1.82) is 0 Å². The van der Waals surface area contributed by atoms with E-state index in [0.717, 1.165) is 5.82 Å². The first-order chi connectivity index (χ1) is 7.78. The van der Waals surface area contributed by atoms with E-state index in [1.165, 1.54) is 25.7 Å². The summed E-state index contributed by atoms with van der Waals surface area (Å²) in [4.78, 5) is 4.25. The van der Waals surface area contributed by atoms with Crippen LogP contribution in [0.15, 0.2) is 18.3 Å². The molecule has 16 heavy (non-hydrogen) atoms. The van der Waals surface area contributed by atoms with Crippen molar-refractivity contribution in [2.45, 2.75) is 37.8 Å². The zero-order valence-corrected chi connectivity index (χ0v) is 10.3. The first-order valence-electron chi connectivity index (χ1n) is 5.83. The van der Waals surface area contributed by atoms with E-state index in [1.54, 1.807) is 6.20 Å². The highest BCUT2D eigenvalue weighted by atomic mass is 35.5. The highest BCUT2D eigenvalue weighted by molar-refractivity contribution is 6.30. The monoisotopic (exact) mass is 239 g/mol. The number of aromatic nitrogens is 1. The summed E-state index contributed by atoms with van der Waals surface area (Å²) in [5, 5.41) is 7.47. The molecular formula is C12H18ClN3. The molecule has 0 saturated heterocycles. The standard InChI is InChI=1S/C12H18ClN3/c1-14-10-3-5-11(6-4-10)16-12-7-2-9(13)8-15-12/h2,7-8,10-11,14H,3-6H2,1H3,(H,15,16). The van der Waals surface area contributed by atoms with Gasteiger partial charge in [0.05, 0.1) is 5.02 Å². The Morgan fingerprint density at radius 1 is 1.19 bits per heavy atom. The highest BCUT2D eigenvalue weighted by Crippen LogP contribution is 2.21. The molecule has 1 heterocycles. The molecule has 1 aliphatic rings. The Morgan fingerprint density at radius 2 is 1.88 bits per heavy atom. The van der Waals surface area contributed by atoms with Crippen LogP contribution in [0.3, 0.4) is 0 Å². The molecule has 0 amide bonds. The molecule has 3 nitrogen and oxygen atoms in total. The molecule has 88 valence electrons. The van der Waals surface area contributed by atoms with Gasteiger partial charge < -0.3 is 10.6 Å². The van der Waals surface area contributed by atoms with Crippen molar-refractivity contribution >= 4 is 17.4 Å². The summed E-state index contributed by atoms with van der Waals surface area (Å²) in [6.07, 6.45) is 6.57. The van der Waals surface area contributed by atoms with Gasteiger partial charge in [-0.15, -0.1) is 0 Å². The molecular weight excluding hydrogens is 222 g/mol. The molecule has 1 fully saturated rings. The fourth-order valence-corrected chi connectivity index (χ4v) is 2.31. The lowest BCUT2D eigenvalue weighted by Gasteiger charge is -2.29. The molecule has 4 heteroatoms. The maximum Gasteiger partial charge on any atom is 0.126 e. The topological polar surface area (TPSA) is 37.0 Å². The predicted octanol–water partition coefficient (Wildman–Crippen LogP) is 2.68. The minimum atomic E-state index is 0.554. The largest absolute Gasteiger partial charge is 0.367 e. The Kier molecular flexibility index (Phi) is 4.02. The SMILES string of the molecule is CNC1CCC(Nc2ccc(Cl)cn2)CC1. The second-order valence-electron chi connectivity index (χ2n) is 4.34. The normalized spacial score (nSPS) is 25.4. The molecule has 0 radical (unpaired) electrons. The van der Waals surface area contributed by atoms with Gasteiger partial charge in [0.2, 0.25) is 0 Å². The second-order valence-corrected chi connectivity index (χ2v) is 4.78. The summed E-state index contributed by atoms with van der Waals surface area (Å²) in [7, 11) is 2.04. The van der Waals surface area contributed by atoms with Crippen LogP contribution < -0.4 is 10.6 Å². The van der Waals surface area contributed by atoms with E-state index >= 15 is 0 Å². The lowest BCUT2D eigenvalue weighted by molar-refractivity contribution is 0.371. The number of nitrogens with zero attached hydrogens (tertiary/aromatic N) is 1. The lowest BCUT2D eigenvalue weighted by Crippen LogP contribution is -2.35. The van der Waals surface area contributed by atoms with Crippen LogP contribution in [0.2, 0.25) is 5.02 Å². The van der Waals surface area contributed by atoms with Gasteiger partial charge in [-0.3, -0.25) is 0 Å². The van der Waals surface area contributed by atoms with Crippen LogP contribution in [0.5, 0.6) is 0 Å². The molecule has 2 N–H and O–H groups in total. The minimum Gasteiger partial charge on any atom is -0.367 e. The highest BCUT2D eigenvalue weighted by Gasteiger charge is 2.19. The summed E-state index contributed by atoms with van der Waals surface area (Å²) in [6, 6.07) is 5.05. The van der Waals surface area contributed by atoms with Crippen molar-refractivity contribution in [2.75, 3.05) is 12.4 Å². The van der Waals surface area contributed by atoms with E-state index in [-0.39, 0.29) is 0 Å². The Morgan fingerprint density at radius 3 is 2.44 bits per heavy atom. The van der Waals surface area contributed by atoms with Crippen molar-refractivity contribution in [2.24, 2.45) is 0 Å². The van der Waals surface area contributed by atoms with Crippen LogP contribution in [-0.4, -0.2) is 24.1 Å². The fraction of sp³-hybridized carbons (Fsp3) is 0.583. The van der Waals surface area contributed by atoms with Gasteiger partial charge in [-0.2, -0.15) is 0 Å². The second kappa shape index (κ2) is 5.51. The fourth-order valence-electron chi connectivity index (χ4n) is 2.20. The summed E-state index contributed by atoms with van der Waals surface area (Å²) >= 11 is 5.79. The quantitative estimate of drug-likeness (QED) is 0.852. The van der Waals surface area contributed by atoms with Gasteiger partial charge in [0.25, 0.3) is 0 Å². The van der Waals surface area contributed by atoms with Gasteiger partial charge in [-0.05, 0) is 44.9 Å². The Bertz CT molecular complexity index is 318. The zero-order valence-electron chi connectivity index (χ0n) is 9.54. The Hall–Kier alpha value is -0.800. The molecule has 1 aliphatic carbocycles. The molecule has 1 saturated carbocycles. The summed E-state index contributed by atoms with van der Waals surface area (Å²) in [5.41, 5.74) is 0. The number of pyridine rings is 1. The van der Waals surface area contributed by atoms with Crippen molar-refractivity contribution in [3.05, 3.63) is 23.4 Å². The maximum atomic E-state index is 5.79. The third kappa shape index (κ3) is 3.09. The molecule has 0 atom stereocenters. The average molecular weight is 240 g/mol. The first-order valence-corrected chi connectivity index (χ1v) is 6.21. The molecule has 0 bridgehead atoms. The average Bonchev–Trinajstić information content (AvgIpc) is 2.33. The van der Waals surface area contributed by atoms with Gasteiger partial charge in [-0.25, -0.2) is 4.98 Å². The number of halogens is 1. The van der Waals surface area contributed by atoms with E-state index in [4.69, 9.17) is 11.6 Å². The van der Waals surface area contributed by atoms with Gasteiger partial charge in [0, 0.05) is 18.3 Å². The Balaban J connectivity index is 1.84. The van der Waals surface area contributed by atoms with Crippen LogP contribution >= 0.6 is 11.6 Å². The van der Waals surface area contributed by atoms with Gasteiger partial charge in [-0.1, -0.05) is 11.6 Å². The smallest absolute Gasteiger partial charge is 0.126 e. The number of hydrogen-bond donors (Lipinski definition) is 2. The van der Waals surface area contributed by atoms with Gasteiger partial charge in [0.1, 0.15) is 5.82 Å². The van der Waals surface area contributed by atoms with E-state index in [2.05, 4.69) is 15.6 Å². The lowest BCUT2D eigenvalue weighted by atomic mass is 9.91. The van der Waals surface area contributed by atoms with Crippen LogP contribution in [0.4, 0.5) is 5.82 Å². The summed E-state index contributed by atoms with van der Waals surface area (Å²) in [6.45, 7) is 0. The van der Waals surface area contributed by atoms with Crippen LogP contribution in [0, 0.1) is 0 Å². The maximum absolute atomic E-state index is 5.79. The van der Waals surface area contributed by atoms with E-state index in [1.807, 2.05) is 19.2 Å². The minimum absolute atomic E-state index is 0.554. The molecule has 0 spiro atoms. The van der Waals surface area contributed by atoms with E-state index in [9.17, 15) is 0 Å². The first kappa shape index (κ1) is 11.7. The molecule has 1 aromatic rings. The number of rotatable bonds is 3. The molecule has 0 aliphatic heterocycles. The van der Waals surface area contributed by atoms with Crippen molar-refractivity contribution in [3.8, 4) is 0 Å². The Labute approximate surface area is 102 Å². The van der Waals surface area contributed by atoms with E-state index in [0.29, 0.717) is 17.1 Å². The molecule has 0 unspecified atom stereocenters. The third-order valence-corrected chi connectivity index (χ3v) is 3.44. The van der Waals surface area contributed by atoms with Crippen LogP contribution in [0.1, 0.15) is 25.7 Å².